The fraction of sp³-hybridized carbons (Fsp3) is 0.250. The number of pyridine rings is 1. The molecule has 1 aromatic heterocycles. The number of morpholine rings is 1. The van der Waals surface area contributed by atoms with Crippen LogP contribution in [0.5, 0.6) is 11.6 Å². The number of benzene rings is 1. The summed E-state index contributed by atoms with van der Waals surface area (Å²) in [5.74, 6) is 1.01. The zero-order valence-electron chi connectivity index (χ0n) is 12.0. The van der Waals surface area contributed by atoms with Crippen LogP contribution in [0.15, 0.2) is 48.7 Å². The van der Waals surface area contributed by atoms with E-state index in [2.05, 4.69) is 15.6 Å². The first kappa shape index (κ1) is 14.5. The molecule has 22 heavy (non-hydrogen) atoms. The van der Waals surface area contributed by atoms with Gasteiger partial charge in [-0.3, -0.25) is 4.79 Å². The summed E-state index contributed by atoms with van der Waals surface area (Å²) >= 11 is 0. The van der Waals surface area contributed by atoms with Gasteiger partial charge in [0.1, 0.15) is 11.9 Å². The van der Waals surface area contributed by atoms with Crippen LogP contribution in [0.25, 0.3) is 0 Å². The third kappa shape index (κ3) is 3.81. The maximum absolute atomic E-state index is 12.0. The van der Waals surface area contributed by atoms with Gasteiger partial charge in [0.05, 0.1) is 18.5 Å². The Bertz CT molecular complexity index is 610. The maximum atomic E-state index is 12.0. The first-order valence-corrected chi connectivity index (χ1v) is 7.13. The number of rotatable bonds is 4. The third-order valence-electron chi connectivity index (χ3n) is 3.19. The second-order valence-corrected chi connectivity index (χ2v) is 4.85. The van der Waals surface area contributed by atoms with E-state index >= 15 is 0 Å². The molecule has 2 N–H and O–H groups in total. The van der Waals surface area contributed by atoms with Crippen LogP contribution in [0, 0.1) is 0 Å². The fourth-order valence-electron chi connectivity index (χ4n) is 2.08. The molecule has 0 saturated carbocycles. The second-order valence-electron chi connectivity index (χ2n) is 4.85. The van der Waals surface area contributed by atoms with Crippen LogP contribution in [0.3, 0.4) is 0 Å². The second kappa shape index (κ2) is 7.02. The summed E-state index contributed by atoms with van der Waals surface area (Å²) in [6.45, 7) is 1.84. The number of hydrogen-bond donors (Lipinski definition) is 2. The van der Waals surface area contributed by atoms with Crippen LogP contribution in [0.4, 0.5) is 5.69 Å². The number of anilines is 1. The molecule has 1 atom stereocenters. The van der Waals surface area contributed by atoms with Gasteiger partial charge in [0.25, 0.3) is 5.91 Å². The van der Waals surface area contributed by atoms with Gasteiger partial charge in [-0.05, 0) is 18.2 Å². The quantitative estimate of drug-likeness (QED) is 0.900. The third-order valence-corrected chi connectivity index (χ3v) is 3.19. The van der Waals surface area contributed by atoms with Crippen LogP contribution in [0.2, 0.25) is 0 Å². The van der Waals surface area contributed by atoms with E-state index in [4.69, 9.17) is 9.47 Å². The standard InChI is InChI=1S/C16H17N3O3/c20-16(14-11-17-8-9-21-14)19-12-6-7-15(18-10-12)22-13-4-2-1-3-5-13/h1-7,10,14,17H,8-9,11H2,(H,19,20). The molecule has 0 radical (unpaired) electrons. The first-order chi connectivity index (χ1) is 10.8. The Morgan fingerprint density at radius 2 is 2.14 bits per heavy atom. The Morgan fingerprint density at radius 3 is 2.82 bits per heavy atom. The molecule has 0 bridgehead atoms. The van der Waals surface area contributed by atoms with Gasteiger partial charge in [-0.25, -0.2) is 4.98 Å². The van der Waals surface area contributed by atoms with E-state index in [-0.39, 0.29) is 5.91 Å². The molecule has 0 spiro atoms. The van der Waals surface area contributed by atoms with Crippen LogP contribution in [-0.2, 0) is 9.53 Å². The lowest BCUT2D eigenvalue weighted by molar-refractivity contribution is -0.128. The van der Waals surface area contributed by atoms with Crippen molar-refractivity contribution in [2.45, 2.75) is 6.10 Å². The molecule has 3 rings (SSSR count). The highest BCUT2D eigenvalue weighted by atomic mass is 16.5. The van der Waals surface area contributed by atoms with Gasteiger partial charge in [-0.2, -0.15) is 0 Å². The van der Waals surface area contributed by atoms with Crippen molar-refractivity contribution in [1.29, 1.82) is 0 Å². The summed E-state index contributed by atoms with van der Waals surface area (Å²) in [5, 5.41) is 5.90. The van der Waals surface area contributed by atoms with E-state index in [0.29, 0.717) is 30.5 Å². The fourth-order valence-corrected chi connectivity index (χ4v) is 2.08. The molecule has 1 fully saturated rings. The van der Waals surface area contributed by atoms with Crippen LogP contribution < -0.4 is 15.4 Å². The summed E-state index contributed by atoms with van der Waals surface area (Å²) in [6.07, 6.45) is 1.10. The van der Waals surface area contributed by atoms with Gasteiger partial charge >= 0.3 is 0 Å². The average molecular weight is 299 g/mol. The van der Waals surface area contributed by atoms with Gasteiger partial charge in [0, 0.05) is 19.2 Å². The highest BCUT2D eigenvalue weighted by Crippen LogP contribution is 2.19. The van der Waals surface area contributed by atoms with Gasteiger partial charge in [-0.1, -0.05) is 18.2 Å². The van der Waals surface area contributed by atoms with Crippen LogP contribution in [-0.4, -0.2) is 36.7 Å². The minimum Gasteiger partial charge on any atom is -0.439 e. The largest absolute Gasteiger partial charge is 0.439 e. The summed E-state index contributed by atoms with van der Waals surface area (Å²) < 4.78 is 11.0. The normalized spacial score (nSPS) is 17.7. The zero-order valence-corrected chi connectivity index (χ0v) is 12.0. The molecule has 1 aliphatic rings. The van der Waals surface area contributed by atoms with Crippen LogP contribution >= 0.6 is 0 Å². The summed E-state index contributed by atoms with van der Waals surface area (Å²) in [5.41, 5.74) is 0.611. The summed E-state index contributed by atoms with van der Waals surface area (Å²) in [6, 6.07) is 12.9. The molecule has 1 amide bonds. The topological polar surface area (TPSA) is 72.5 Å². The van der Waals surface area contributed by atoms with Gasteiger partial charge < -0.3 is 20.1 Å². The SMILES string of the molecule is O=C(Nc1ccc(Oc2ccccc2)nc1)C1CNCCO1. The molecule has 1 unspecified atom stereocenters. The van der Waals surface area contributed by atoms with Gasteiger partial charge in [-0.15, -0.1) is 0 Å². The predicted octanol–water partition coefficient (Wildman–Crippen LogP) is 1.80. The number of nitrogens with zero attached hydrogens (tertiary/aromatic N) is 1. The number of carbonyl (C=O) groups excluding carboxylic acids is 1. The van der Waals surface area contributed by atoms with Gasteiger partial charge in [0.2, 0.25) is 5.88 Å². The Kier molecular flexibility index (Phi) is 4.62. The number of hydrogen-bond acceptors (Lipinski definition) is 5. The van der Waals surface area contributed by atoms with Crippen molar-refractivity contribution in [1.82, 2.24) is 10.3 Å². The number of nitrogens with one attached hydrogen (secondary N) is 2. The molecule has 6 heteroatoms. The molecule has 114 valence electrons. The molecule has 2 aromatic rings. The Balaban J connectivity index is 1.58. The minimum atomic E-state index is -0.464. The highest BCUT2D eigenvalue weighted by molar-refractivity contribution is 5.94. The van der Waals surface area contributed by atoms with E-state index in [1.165, 1.54) is 0 Å². The summed E-state index contributed by atoms with van der Waals surface area (Å²) in [4.78, 5) is 16.2. The van der Waals surface area contributed by atoms with E-state index < -0.39 is 6.10 Å². The Hall–Kier alpha value is -2.44. The molecule has 2 heterocycles. The van der Waals surface area contributed by atoms with Crippen molar-refractivity contribution >= 4 is 11.6 Å². The minimum absolute atomic E-state index is 0.175. The lowest BCUT2D eigenvalue weighted by Crippen LogP contribution is -2.45. The number of ether oxygens (including phenoxy) is 2. The van der Waals surface area contributed by atoms with E-state index in [1.54, 1.807) is 18.3 Å². The number of amides is 1. The van der Waals surface area contributed by atoms with Gasteiger partial charge in [0.15, 0.2) is 0 Å². The highest BCUT2D eigenvalue weighted by Gasteiger charge is 2.21. The monoisotopic (exact) mass is 299 g/mol. The lowest BCUT2D eigenvalue weighted by atomic mass is 10.3. The number of aromatic nitrogens is 1. The summed E-state index contributed by atoms with van der Waals surface area (Å²) in [7, 11) is 0. The van der Waals surface area contributed by atoms with Crippen molar-refractivity contribution in [2.75, 3.05) is 25.0 Å². The van der Waals surface area contributed by atoms with Crippen LogP contribution in [0.1, 0.15) is 0 Å². The molecular formula is C16H17N3O3. The van der Waals surface area contributed by atoms with Crippen molar-refractivity contribution < 1.29 is 14.3 Å². The molecular weight excluding hydrogens is 282 g/mol. The first-order valence-electron chi connectivity index (χ1n) is 7.13. The average Bonchev–Trinajstić information content (AvgIpc) is 2.58. The van der Waals surface area contributed by atoms with Crippen molar-refractivity contribution in [3.63, 3.8) is 0 Å². The number of para-hydroxylation sites is 1. The molecule has 0 aliphatic carbocycles. The Labute approximate surface area is 128 Å². The van der Waals surface area contributed by atoms with Crippen molar-refractivity contribution in [3.05, 3.63) is 48.7 Å². The molecule has 1 aliphatic heterocycles. The Morgan fingerprint density at radius 1 is 1.27 bits per heavy atom. The van der Waals surface area contributed by atoms with E-state index in [9.17, 15) is 4.79 Å². The molecule has 1 aromatic carbocycles. The molecule has 1 saturated heterocycles. The number of carbonyl (C=O) groups is 1. The van der Waals surface area contributed by atoms with E-state index in [1.807, 2.05) is 30.3 Å². The van der Waals surface area contributed by atoms with Crippen molar-refractivity contribution in [3.8, 4) is 11.6 Å². The lowest BCUT2D eigenvalue weighted by Gasteiger charge is -2.22. The maximum Gasteiger partial charge on any atom is 0.254 e. The zero-order chi connectivity index (χ0) is 15.2. The smallest absolute Gasteiger partial charge is 0.254 e. The van der Waals surface area contributed by atoms with E-state index in [0.717, 1.165) is 6.54 Å². The predicted molar refractivity (Wildman–Crippen MR) is 82.0 cm³/mol. The van der Waals surface area contributed by atoms with Crippen molar-refractivity contribution in [2.24, 2.45) is 0 Å². The molecule has 6 nitrogen and oxygen atoms in total.